The van der Waals surface area contributed by atoms with Crippen LogP contribution in [-0.2, 0) is 11.2 Å². The Kier molecular flexibility index (Phi) is 11.4. The molecule has 1 saturated carbocycles. The highest BCUT2D eigenvalue weighted by Crippen LogP contribution is 2.26. The maximum Gasteiger partial charge on any atom is 0.335 e. The smallest absolute Gasteiger partial charge is 0.335 e. The second kappa shape index (κ2) is 15.9. The Balaban J connectivity index is 1.23. The highest BCUT2D eigenvalue weighted by atomic mass is 16.5. The number of nitrogens with one attached hydrogen (secondary N) is 1. The number of hydrogen-bond donors (Lipinski definition) is 3. The van der Waals surface area contributed by atoms with Gasteiger partial charge in [-0.2, -0.15) is 0 Å². The molecule has 0 aliphatic heterocycles. The van der Waals surface area contributed by atoms with Crippen molar-refractivity contribution in [3.63, 3.8) is 0 Å². The molecule has 224 valence electrons. The molecule has 2 atom stereocenters. The average Bonchev–Trinajstić information content (AvgIpc) is 3.02. The van der Waals surface area contributed by atoms with Crippen molar-refractivity contribution in [3.05, 3.63) is 89.5 Å². The number of rotatable bonds is 13. The van der Waals surface area contributed by atoms with Crippen LogP contribution in [-0.4, -0.2) is 53.9 Å². The fourth-order valence-corrected chi connectivity index (χ4v) is 4.84. The minimum absolute atomic E-state index is 0.0293. The number of aliphatic carboxylic acids is 1. The van der Waals surface area contributed by atoms with Gasteiger partial charge in [-0.15, -0.1) is 0 Å². The van der Waals surface area contributed by atoms with Gasteiger partial charge in [-0.1, -0.05) is 48.6 Å². The zero-order valence-electron chi connectivity index (χ0n) is 23.8. The lowest BCUT2D eigenvalue weighted by Crippen LogP contribution is -2.40. The SMILES string of the molecule is O=C(O)c1ccc(OCCCc2ccc(OCC#CCOc3ccccc3)cc2)c(C(=O)NC2CCCC(C(=O)O)C2)c1. The van der Waals surface area contributed by atoms with Crippen LogP contribution in [0.25, 0.3) is 0 Å². The molecule has 1 aliphatic rings. The van der Waals surface area contributed by atoms with Crippen LogP contribution in [0.3, 0.4) is 0 Å². The van der Waals surface area contributed by atoms with Gasteiger partial charge in [-0.05, 0) is 80.1 Å². The van der Waals surface area contributed by atoms with Crippen molar-refractivity contribution in [3.8, 4) is 29.1 Å². The van der Waals surface area contributed by atoms with Crippen molar-refractivity contribution >= 4 is 17.8 Å². The lowest BCUT2D eigenvalue weighted by Gasteiger charge is -2.27. The molecule has 1 fully saturated rings. The number of amides is 1. The van der Waals surface area contributed by atoms with Gasteiger partial charge in [-0.3, -0.25) is 9.59 Å². The van der Waals surface area contributed by atoms with Crippen molar-refractivity contribution in [2.45, 2.75) is 44.6 Å². The Morgan fingerprint density at radius 3 is 2.21 bits per heavy atom. The number of carboxylic acid groups (broad SMARTS) is 2. The zero-order valence-corrected chi connectivity index (χ0v) is 23.8. The van der Waals surface area contributed by atoms with E-state index < -0.39 is 23.8 Å². The number of carboxylic acids is 2. The lowest BCUT2D eigenvalue weighted by atomic mass is 9.85. The highest BCUT2D eigenvalue weighted by molar-refractivity contribution is 6.00. The average molecular weight is 586 g/mol. The van der Waals surface area contributed by atoms with E-state index in [1.54, 1.807) is 0 Å². The summed E-state index contributed by atoms with van der Waals surface area (Å²) in [6, 6.07) is 21.1. The van der Waals surface area contributed by atoms with E-state index in [1.165, 1.54) is 18.2 Å². The van der Waals surface area contributed by atoms with Crippen LogP contribution in [0.4, 0.5) is 0 Å². The van der Waals surface area contributed by atoms with Crippen LogP contribution in [0, 0.1) is 17.8 Å². The first-order chi connectivity index (χ1) is 20.9. The molecule has 3 aromatic rings. The summed E-state index contributed by atoms with van der Waals surface area (Å²) in [6.45, 7) is 0.858. The fourth-order valence-electron chi connectivity index (χ4n) is 4.84. The number of carbonyl (C=O) groups is 3. The number of ether oxygens (including phenoxy) is 3. The molecular formula is C34H35NO8. The highest BCUT2D eigenvalue weighted by Gasteiger charge is 2.29. The molecule has 0 saturated heterocycles. The van der Waals surface area contributed by atoms with Gasteiger partial charge in [0.25, 0.3) is 5.91 Å². The van der Waals surface area contributed by atoms with E-state index in [4.69, 9.17) is 14.2 Å². The molecule has 43 heavy (non-hydrogen) atoms. The lowest BCUT2D eigenvalue weighted by molar-refractivity contribution is -0.143. The molecular weight excluding hydrogens is 550 g/mol. The Morgan fingerprint density at radius 1 is 0.837 bits per heavy atom. The number of carbonyl (C=O) groups excluding carboxylic acids is 1. The normalized spacial score (nSPS) is 15.8. The molecule has 0 heterocycles. The second-order valence-corrected chi connectivity index (χ2v) is 10.2. The summed E-state index contributed by atoms with van der Waals surface area (Å²) in [6.07, 6.45) is 3.69. The summed E-state index contributed by atoms with van der Waals surface area (Å²) >= 11 is 0. The largest absolute Gasteiger partial charge is 0.493 e. The van der Waals surface area contributed by atoms with E-state index in [0.717, 1.165) is 17.7 Å². The first-order valence-electron chi connectivity index (χ1n) is 14.3. The summed E-state index contributed by atoms with van der Waals surface area (Å²) in [4.78, 5) is 36.0. The second-order valence-electron chi connectivity index (χ2n) is 10.2. The molecule has 4 rings (SSSR count). The third-order valence-electron chi connectivity index (χ3n) is 7.11. The third-order valence-corrected chi connectivity index (χ3v) is 7.11. The van der Waals surface area contributed by atoms with Crippen LogP contribution in [0.2, 0.25) is 0 Å². The van der Waals surface area contributed by atoms with Gasteiger partial charge < -0.3 is 29.7 Å². The number of aromatic carboxylic acids is 1. The molecule has 0 bridgehead atoms. The zero-order chi connectivity index (χ0) is 30.4. The molecule has 1 amide bonds. The topological polar surface area (TPSA) is 131 Å². The van der Waals surface area contributed by atoms with Crippen molar-refractivity contribution in [1.82, 2.24) is 5.32 Å². The van der Waals surface area contributed by atoms with Gasteiger partial charge in [0.1, 0.15) is 30.5 Å². The summed E-state index contributed by atoms with van der Waals surface area (Å²) in [5.41, 5.74) is 1.18. The first-order valence-corrected chi connectivity index (χ1v) is 14.3. The monoisotopic (exact) mass is 585 g/mol. The number of aryl methyl sites for hydroxylation is 1. The third kappa shape index (κ3) is 9.82. The van der Waals surface area contributed by atoms with Crippen molar-refractivity contribution in [2.24, 2.45) is 5.92 Å². The maximum atomic E-state index is 13.1. The predicted molar refractivity (Wildman–Crippen MR) is 160 cm³/mol. The van der Waals surface area contributed by atoms with Gasteiger partial charge in [-0.25, -0.2) is 4.79 Å². The van der Waals surface area contributed by atoms with E-state index >= 15 is 0 Å². The molecule has 3 N–H and O–H groups in total. The van der Waals surface area contributed by atoms with Crippen LogP contribution in [0.15, 0.2) is 72.8 Å². The first kappa shape index (κ1) is 31.0. The fraction of sp³-hybridized carbons (Fsp3) is 0.324. The molecule has 2 unspecified atom stereocenters. The minimum atomic E-state index is -1.15. The molecule has 0 aromatic heterocycles. The van der Waals surface area contributed by atoms with Crippen LogP contribution >= 0.6 is 0 Å². The van der Waals surface area contributed by atoms with Gasteiger partial charge in [0.05, 0.1) is 23.7 Å². The van der Waals surface area contributed by atoms with Crippen LogP contribution in [0.5, 0.6) is 17.2 Å². The van der Waals surface area contributed by atoms with Crippen LogP contribution < -0.4 is 19.5 Å². The number of benzene rings is 3. The van der Waals surface area contributed by atoms with Gasteiger partial charge in [0.2, 0.25) is 0 Å². The maximum absolute atomic E-state index is 13.1. The van der Waals surface area contributed by atoms with Crippen molar-refractivity contribution < 1.29 is 38.8 Å². The quantitative estimate of drug-likeness (QED) is 0.184. The Bertz CT molecular complexity index is 1440. The number of para-hydroxylation sites is 1. The minimum Gasteiger partial charge on any atom is -0.493 e. The summed E-state index contributed by atoms with van der Waals surface area (Å²) in [7, 11) is 0. The van der Waals surface area contributed by atoms with E-state index in [1.807, 2.05) is 54.6 Å². The molecule has 0 spiro atoms. The summed E-state index contributed by atoms with van der Waals surface area (Å²) in [5.74, 6) is 4.62. The summed E-state index contributed by atoms with van der Waals surface area (Å²) < 4.78 is 17.1. The van der Waals surface area contributed by atoms with E-state index in [0.29, 0.717) is 44.5 Å². The van der Waals surface area contributed by atoms with Gasteiger partial charge in [0, 0.05) is 6.04 Å². The summed E-state index contributed by atoms with van der Waals surface area (Å²) in [5, 5.41) is 21.6. The molecule has 3 aromatic carbocycles. The molecule has 9 heteroatoms. The Labute approximate surface area is 250 Å². The molecule has 0 radical (unpaired) electrons. The Hall–Kier alpha value is -4.97. The number of hydrogen-bond acceptors (Lipinski definition) is 6. The predicted octanol–water partition coefficient (Wildman–Crippen LogP) is 5.23. The standard InChI is InChI=1S/C34H35NO8/c36-32(35-27-10-6-9-25(22-27)33(37)38)30-23-26(34(39)40)15-18-31(30)43-21-7-8-24-13-16-29(17-14-24)42-20-5-4-19-41-28-11-2-1-3-12-28/h1-3,11-18,23,25,27H,6-10,19-22H2,(H,35,36)(H,37,38)(H,39,40). The van der Waals surface area contributed by atoms with Gasteiger partial charge >= 0.3 is 11.9 Å². The van der Waals surface area contributed by atoms with E-state index in [-0.39, 0.29) is 36.1 Å². The van der Waals surface area contributed by atoms with Gasteiger partial charge in [0.15, 0.2) is 0 Å². The molecule has 9 nitrogen and oxygen atoms in total. The Morgan fingerprint density at radius 2 is 1.53 bits per heavy atom. The van der Waals surface area contributed by atoms with Crippen molar-refractivity contribution in [1.29, 1.82) is 0 Å². The van der Waals surface area contributed by atoms with Crippen molar-refractivity contribution in [2.75, 3.05) is 19.8 Å². The van der Waals surface area contributed by atoms with Crippen LogP contribution in [0.1, 0.15) is 58.4 Å². The van der Waals surface area contributed by atoms with E-state index in [9.17, 15) is 24.6 Å². The molecule has 1 aliphatic carbocycles. The van der Waals surface area contributed by atoms with E-state index in [2.05, 4.69) is 17.2 Å².